The number of aromatic nitrogens is 2. The van der Waals surface area contributed by atoms with E-state index in [1.807, 2.05) is 13.8 Å². The smallest absolute Gasteiger partial charge is 0.356 e. The Morgan fingerprint density at radius 2 is 1.86 bits per heavy atom. The maximum absolute atomic E-state index is 13.5. The largest absolute Gasteiger partial charge is 0.451 e. The lowest BCUT2D eigenvalue weighted by molar-refractivity contribution is -0.144. The molecule has 0 saturated carbocycles. The van der Waals surface area contributed by atoms with Crippen molar-refractivity contribution in [3.63, 3.8) is 0 Å². The molecule has 0 fully saturated rings. The first kappa shape index (κ1) is 16.5. The van der Waals surface area contributed by atoms with Gasteiger partial charge in [0.2, 0.25) is 5.82 Å². The summed E-state index contributed by atoms with van der Waals surface area (Å²) in [5, 5.41) is 0.297. The van der Waals surface area contributed by atoms with Gasteiger partial charge in [-0.2, -0.15) is 13.2 Å². The summed E-state index contributed by atoms with van der Waals surface area (Å²) >= 11 is 0. The van der Waals surface area contributed by atoms with Crippen LogP contribution in [0.2, 0.25) is 0 Å². The highest BCUT2D eigenvalue weighted by molar-refractivity contribution is 5.89. The Bertz CT molecular complexity index is 655. The average molecular weight is 315 g/mol. The second kappa shape index (κ2) is 6.46. The Morgan fingerprint density at radius 1 is 1.14 bits per heavy atom. The molecule has 0 atom stereocenters. The van der Waals surface area contributed by atoms with Crippen LogP contribution < -0.4 is 4.90 Å². The lowest BCUT2D eigenvalue weighted by Crippen LogP contribution is -2.26. The maximum Gasteiger partial charge on any atom is 0.451 e. The molecule has 2 rings (SSSR count). The molecule has 0 aliphatic carbocycles. The summed E-state index contributed by atoms with van der Waals surface area (Å²) in [6, 6.07) is 3.53. The van der Waals surface area contributed by atoms with Gasteiger partial charge in [-0.25, -0.2) is 14.4 Å². The number of rotatable bonds is 5. The Kier molecular flexibility index (Phi) is 4.83. The second-order valence-corrected chi connectivity index (χ2v) is 4.96. The number of halogens is 4. The number of unbranched alkanes of at least 4 members (excludes halogenated alkanes) is 1. The predicted molar refractivity (Wildman–Crippen MR) is 77.3 cm³/mol. The standard InChI is InChI=1S/C15H17F4N3/c1-3-5-8-22(4-2)13-11-9-10(16)6-7-12(11)20-14(21-13)15(17,18)19/h6-7,9H,3-5,8H2,1-2H3. The van der Waals surface area contributed by atoms with Crippen molar-refractivity contribution < 1.29 is 17.6 Å². The van der Waals surface area contributed by atoms with Crippen molar-refractivity contribution in [3.05, 3.63) is 29.8 Å². The van der Waals surface area contributed by atoms with E-state index in [2.05, 4.69) is 9.97 Å². The van der Waals surface area contributed by atoms with Crippen LogP contribution in [0, 0.1) is 5.82 Å². The van der Waals surface area contributed by atoms with Gasteiger partial charge in [0.05, 0.1) is 5.52 Å². The Hall–Kier alpha value is -1.92. The molecule has 7 heteroatoms. The third-order valence-corrected chi connectivity index (χ3v) is 3.35. The van der Waals surface area contributed by atoms with Gasteiger partial charge >= 0.3 is 6.18 Å². The molecule has 0 aliphatic heterocycles. The maximum atomic E-state index is 13.5. The van der Waals surface area contributed by atoms with Crippen LogP contribution in [-0.4, -0.2) is 23.1 Å². The van der Waals surface area contributed by atoms with Crippen molar-refractivity contribution >= 4 is 16.7 Å². The number of hydrogen-bond acceptors (Lipinski definition) is 3. The van der Waals surface area contributed by atoms with E-state index in [1.54, 1.807) is 4.90 Å². The average Bonchev–Trinajstić information content (AvgIpc) is 2.46. The number of anilines is 1. The van der Waals surface area contributed by atoms with Crippen LogP contribution in [0.1, 0.15) is 32.5 Å². The molecule has 0 unspecified atom stereocenters. The lowest BCUT2D eigenvalue weighted by atomic mass is 10.2. The van der Waals surface area contributed by atoms with Gasteiger partial charge in [0.15, 0.2) is 0 Å². The van der Waals surface area contributed by atoms with E-state index in [-0.39, 0.29) is 11.3 Å². The Labute approximate surface area is 126 Å². The van der Waals surface area contributed by atoms with Gasteiger partial charge in [0.1, 0.15) is 11.6 Å². The fourth-order valence-electron chi connectivity index (χ4n) is 2.22. The highest BCUT2D eigenvalue weighted by Gasteiger charge is 2.36. The van der Waals surface area contributed by atoms with Crippen molar-refractivity contribution in [2.45, 2.75) is 32.9 Å². The van der Waals surface area contributed by atoms with E-state index in [1.165, 1.54) is 12.1 Å². The summed E-state index contributed by atoms with van der Waals surface area (Å²) in [6.45, 7) is 4.87. The first-order chi connectivity index (χ1) is 10.4. The van der Waals surface area contributed by atoms with E-state index >= 15 is 0 Å². The minimum absolute atomic E-state index is 0.0914. The molecule has 22 heavy (non-hydrogen) atoms. The number of nitrogens with zero attached hydrogens (tertiary/aromatic N) is 3. The van der Waals surface area contributed by atoms with Gasteiger partial charge in [-0.3, -0.25) is 0 Å². The van der Waals surface area contributed by atoms with Crippen molar-refractivity contribution in [1.29, 1.82) is 0 Å². The lowest BCUT2D eigenvalue weighted by Gasteiger charge is -2.24. The van der Waals surface area contributed by atoms with Crippen molar-refractivity contribution in [3.8, 4) is 0 Å². The molecular weight excluding hydrogens is 298 g/mol. The quantitative estimate of drug-likeness (QED) is 0.765. The summed E-state index contributed by atoms with van der Waals surface area (Å²) < 4.78 is 52.4. The van der Waals surface area contributed by atoms with Crippen LogP contribution in [0.15, 0.2) is 18.2 Å². The predicted octanol–water partition coefficient (Wildman–Crippen LogP) is 4.41. The van der Waals surface area contributed by atoms with E-state index in [0.29, 0.717) is 18.5 Å². The molecule has 0 radical (unpaired) electrons. The van der Waals surface area contributed by atoms with Crippen LogP contribution in [0.5, 0.6) is 0 Å². The molecule has 120 valence electrons. The third kappa shape index (κ3) is 3.45. The topological polar surface area (TPSA) is 29.0 Å². The minimum Gasteiger partial charge on any atom is -0.356 e. The van der Waals surface area contributed by atoms with Crippen LogP contribution in [0.4, 0.5) is 23.4 Å². The zero-order valence-corrected chi connectivity index (χ0v) is 12.4. The normalized spacial score (nSPS) is 11.9. The molecule has 0 N–H and O–H groups in total. The number of benzene rings is 1. The minimum atomic E-state index is -4.64. The SMILES string of the molecule is CCCCN(CC)c1nc(C(F)(F)F)nc2ccc(F)cc12. The monoisotopic (exact) mass is 315 g/mol. The highest BCUT2D eigenvalue weighted by Crippen LogP contribution is 2.32. The fourth-order valence-corrected chi connectivity index (χ4v) is 2.22. The van der Waals surface area contributed by atoms with Gasteiger partial charge in [-0.15, -0.1) is 0 Å². The molecule has 1 aromatic heterocycles. The molecule has 0 bridgehead atoms. The van der Waals surface area contributed by atoms with Gasteiger partial charge in [-0.1, -0.05) is 13.3 Å². The first-order valence-corrected chi connectivity index (χ1v) is 7.16. The summed E-state index contributed by atoms with van der Waals surface area (Å²) in [4.78, 5) is 8.90. The molecule has 0 aliphatic rings. The number of alkyl halides is 3. The second-order valence-electron chi connectivity index (χ2n) is 4.96. The van der Waals surface area contributed by atoms with Gasteiger partial charge in [0.25, 0.3) is 0 Å². The zero-order chi connectivity index (χ0) is 16.3. The van der Waals surface area contributed by atoms with E-state index in [0.717, 1.165) is 18.9 Å². The molecule has 3 nitrogen and oxygen atoms in total. The molecule has 0 spiro atoms. The van der Waals surface area contributed by atoms with Crippen molar-refractivity contribution in [1.82, 2.24) is 9.97 Å². The highest BCUT2D eigenvalue weighted by atomic mass is 19.4. The van der Waals surface area contributed by atoms with E-state index in [9.17, 15) is 17.6 Å². The molecule has 0 saturated heterocycles. The molecule has 1 heterocycles. The molecular formula is C15H17F4N3. The van der Waals surface area contributed by atoms with Crippen molar-refractivity contribution in [2.24, 2.45) is 0 Å². The fraction of sp³-hybridized carbons (Fsp3) is 0.467. The van der Waals surface area contributed by atoms with Gasteiger partial charge < -0.3 is 4.90 Å². The van der Waals surface area contributed by atoms with Crippen LogP contribution in [-0.2, 0) is 6.18 Å². The molecule has 0 amide bonds. The Morgan fingerprint density at radius 3 is 2.45 bits per heavy atom. The zero-order valence-electron chi connectivity index (χ0n) is 12.4. The van der Waals surface area contributed by atoms with Gasteiger partial charge in [-0.05, 0) is 31.5 Å². The van der Waals surface area contributed by atoms with Crippen molar-refractivity contribution in [2.75, 3.05) is 18.0 Å². The first-order valence-electron chi connectivity index (χ1n) is 7.16. The number of hydrogen-bond donors (Lipinski definition) is 0. The van der Waals surface area contributed by atoms with E-state index in [4.69, 9.17) is 0 Å². The summed E-state index contributed by atoms with van der Waals surface area (Å²) in [5.41, 5.74) is 0.0914. The van der Waals surface area contributed by atoms with Crippen LogP contribution in [0.3, 0.4) is 0 Å². The number of fused-ring (bicyclic) bond motifs is 1. The molecule has 1 aromatic carbocycles. The van der Waals surface area contributed by atoms with Crippen LogP contribution in [0.25, 0.3) is 10.9 Å². The Balaban J connectivity index is 2.64. The third-order valence-electron chi connectivity index (χ3n) is 3.35. The summed E-state index contributed by atoms with van der Waals surface area (Å²) in [7, 11) is 0. The van der Waals surface area contributed by atoms with E-state index < -0.39 is 17.8 Å². The van der Waals surface area contributed by atoms with Crippen LogP contribution >= 0.6 is 0 Å². The molecule has 2 aromatic rings. The summed E-state index contributed by atoms with van der Waals surface area (Å²) in [5.74, 6) is -1.59. The van der Waals surface area contributed by atoms with Gasteiger partial charge in [0, 0.05) is 18.5 Å². The summed E-state index contributed by atoms with van der Waals surface area (Å²) in [6.07, 6.45) is -2.92.